The normalized spacial score (nSPS) is 38.8. The van der Waals surface area contributed by atoms with Crippen molar-refractivity contribution in [3.05, 3.63) is 35.5 Å². The third-order valence-electron chi connectivity index (χ3n) is 8.36. The van der Waals surface area contributed by atoms with Crippen LogP contribution >= 0.6 is 0 Å². The summed E-state index contributed by atoms with van der Waals surface area (Å²) in [7, 11) is 0. The summed E-state index contributed by atoms with van der Waals surface area (Å²) in [6.07, 6.45) is 14.3. The molecule has 0 amide bonds. The summed E-state index contributed by atoms with van der Waals surface area (Å²) in [6.45, 7) is 10.6. The van der Waals surface area contributed by atoms with Gasteiger partial charge in [0.1, 0.15) is 0 Å². The third-order valence-corrected chi connectivity index (χ3v) is 8.36. The molecule has 164 valence electrons. The first-order valence-corrected chi connectivity index (χ1v) is 11.8. The largest absolute Gasteiger partial charge is 0.393 e. The van der Waals surface area contributed by atoms with E-state index in [9.17, 15) is 15.3 Å². The molecule has 0 bridgehead atoms. The van der Waals surface area contributed by atoms with E-state index in [0.717, 1.165) is 44.9 Å². The van der Waals surface area contributed by atoms with Crippen molar-refractivity contribution in [2.75, 3.05) is 0 Å². The predicted molar refractivity (Wildman–Crippen MR) is 119 cm³/mol. The summed E-state index contributed by atoms with van der Waals surface area (Å²) in [6, 6.07) is 0. The molecule has 3 rings (SSSR count). The summed E-state index contributed by atoms with van der Waals surface area (Å²) in [5.74, 6) is 0.814. The zero-order valence-corrected chi connectivity index (χ0v) is 18.8. The second kappa shape index (κ2) is 9.08. The highest BCUT2D eigenvalue weighted by atomic mass is 16.3. The van der Waals surface area contributed by atoms with Crippen molar-refractivity contribution in [3.63, 3.8) is 0 Å². The minimum Gasteiger partial charge on any atom is -0.393 e. The van der Waals surface area contributed by atoms with Crippen molar-refractivity contribution in [2.45, 2.75) is 109 Å². The van der Waals surface area contributed by atoms with Gasteiger partial charge in [-0.2, -0.15) is 0 Å². The Morgan fingerprint density at radius 1 is 1.24 bits per heavy atom. The molecule has 0 aromatic heterocycles. The first-order valence-electron chi connectivity index (χ1n) is 11.8. The van der Waals surface area contributed by atoms with Crippen LogP contribution in [0.3, 0.4) is 0 Å². The topological polar surface area (TPSA) is 60.7 Å². The van der Waals surface area contributed by atoms with E-state index in [1.165, 1.54) is 29.6 Å². The molecule has 0 heterocycles. The van der Waals surface area contributed by atoms with Crippen molar-refractivity contribution < 1.29 is 15.3 Å². The third kappa shape index (κ3) is 4.89. The molecule has 3 saturated carbocycles. The van der Waals surface area contributed by atoms with Gasteiger partial charge < -0.3 is 15.3 Å². The second-order valence-corrected chi connectivity index (χ2v) is 10.4. The lowest BCUT2D eigenvalue weighted by Gasteiger charge is -2.47. The number of allylic oxidation sites excluding steroid dienone is 4. The van der Waals surface area contributed by atoms with Crippen molar-refractivity contribution in [2.24, 2.45) is 17.3 Å². The molecule has 0 radical (unpaired) electrons. The Balaban J connectivity index is 1.76. The number of hydrogen-bond acceptors (Lipinski definition) is 3. The number of fused-ring (bicyclic) bond motifs is 1. The molecule has 0 aromatic rings. The lowest BCUT2D eigenvalue weighted by Crippen LogP contribution is -2.45. The fourth-order valence-electron chi connectivity index (χ4n) is 6.49. The Labute approximate surface area is 177 Å². The van der Waals surface area contributed by atoms with Gasteiger partial charge in [-0.15, -0.1) is 0 Å². The van der Waals surface area contributed by atoms with Crippen LogP contribution in [0.5, 0.6) is 0 Å². The Morgan fingerprint density at radius 3 is 2.72 bits per heavy atom. The SMILES string of the molecule is C=C1CC[C@H](O)C/C1=C/C=C1/CCC[C@@]2(C)C1CCC2[C@](C)(O)CC[C@H](O)CC. The number of hydrogen-bond donors (Lipinski definition) is 3. The maximum Gasteiger partial charge on any atom is 0.0654 e. The lowest BCUT2D eigenvalue weighted by molar-refractivity contribution is -0.0706. The van der Waals surface area contributed by atoms with Crippen LogP contribution in [0.2, 0.25) is 0 Å². The molecule has 0 saturated heterocycles. The Bertz CT molecular complexity index is 659. The van der Waals surface area contributed by atoms with Gasteiger partial charge in [-0.05, 0) is 100 Å². The zero-order chi connectivity index (χ0) is 21.2. The van der Waals surface area contributed by atoms with Crippen molar-refractivity contribution in [1.29, 1.82) is 0 Å². The maximum absolute atomic E-state index is 11.4. The van der Waals surface area contributed by atoms with E-state index in [2.05, 4.69) is 25.7 Å². The Hall–Kier alpha value is -0.900. The highest BCUT2D eigenvalue weighted by Crippen LogP contribution is 2.60. The van der Waals surface area contributed by atoms with E-state index in [1.54, 1.807) is 0 Å². The van der Waals surface area contributed by atoms with E-state index < -0.39 is 5.60 Å². The second-order valence-electron chi connectivity index (χ2n) is 10.4. The Kier molecular flexibility index (Phi) is 7.13. The van der Waals surface area contributed by atoms with Crippen LogP contribution < -0.4 is 0 Å². The average molecular weight is 403 g/mol. The Morgan fingerprint density at radius 2 is 2.00 bits per heavy atom. The van der Waals surface area contributed by atoms with Gasteiger partial charge in [0.2, 0.25) is 0 Å². The molecule has 6 atom stereocenters. The molecule has 3 N–H and O–H groups in total. The first kappa shape index (κ1) is 22.8. The van der Waals surface area contributed by atoms with Crippen molar-refractivity contribution >= 4 is 0 Å². The highest BCUT2D eigenvalue weighted by Gasteiger charge is 2.54. The van der Waals surface area contributed by atoms with Crippen LogP contribution in [0.4, 0.5) is 0 Å². The molecular weight excluding hydrogens is 360 g/mol. The fourth-order valence-corrected chi connectivity index (χ4v) is 6.49. The number of aliphatic hydroxyl groups is 3. The van der Waals surface area contributed by atoms with Crippen LogP contribution in [0.15, 0.2) is 35.5 Å². The molecule has 3 aliphatic rings. The molecule has 0 spiro atoms. The lowest BCUT2D eigenvalue weighted by atomic mass is 9.59. The molecule has 3 heteroatoms. The minimum absolute atomic E-state index is 0.131. The summed E-state index contributed by atoms with van der Waals surface area (Å²) < 4.78 is 0. The van der Waals surface area contributed by atoms with Gasteiger partial charge >= 0.3 is 0 Å². The van der Waals surface area contributed by atoms with E-state index in [-0.39, 0.29) is 23.5 Å². The number of aliphatic hydroxyl groups excluding tert-OH is 2. The van der Waals surface area contributed by atoms with Crippen LogP contribution in [-0.2, 0) is 0 Å². The van der Waals surface area contributed by atoms with Gasteiger partial charge in [0.15, 0.2) is 0 Å². The van der Waals surface area contributed by atoms with Crippen LogP contribution in [0, 0.1) is 17.3 Å². The zero-order valence-electron chi connectivity index (χ0n) is 18.8. The highest BCUT2D eigenvalue weighted by molar-refractivity contribution is 5.36. The smallest absolute Gasteiger partial charge is 0.0654 e. The van der Waals surface area contributed by atoms with Crippen molar-refractivity contribution in [3.8, 4) is 0 Å². The molecule has 29 heavy (non-hydrogen) atoms. The molecule has 3 nitrogen and oxygen atoms in total. The van der Waals surface area contributed by atoms with E-state index in [1.807, 2.05) is 13.8 Å². The van der Waals surface area contributed by atoms with Gasteiger partial charge in [-0.1, -0.05) is 43.7 Å². The van der Waals surface area contributed by atoms with Crippen LogP contribution in [0.25, 0.3) is 0 Å². The summed E-state index contributed by atoms with van der Waals surface area (Å²) in [5.41, 5.74) is 3.31. The molecule has 3 aliphatic carbocycles. The molecule has 0 aliphatic heterocycles. The van der Waals surface area contributed by atoms with Crippen molar-refractivity contribution in [1.82, 2.24) is 0 Å². The van der Waals surface area contributed by atoms with Crippen LogP contribution in [-0.4, -0.2) is 33.1 Å². The number of rotatable bonds is 6. The molecule has 0 aromatic carbocycles. The molecular formula is C26H42O3. The summed E-state index contributed by atoms with van der Waals surface area (Å²) in [5, 5.41) is 31.4. The quantitative estimate of drug-likeness (QED) is 0.553. The maximum atomic E-state index is 11.4. The van der Waals surface area contributed by atoms with E-state index in [0.29, 0.717) is 18.8 Å². The monoisotopic (exact) mass is 402 g/mol. The average Bonchev–Trinajstić information content (AvgIpc) is 3.05. The van der Waals surface area contributed by atoms with Gasteiger partial charge in [0.05, 0.1) is 17.8 Å². The summed E-state index contributed by atoms with van der Waals surface area (Å²) in [4.78, 5) is 0. The van der Waals surface area contributed by atoms with Crippen LogP contribution in [0.1, 0.15) is 91.4 Å². The molecule has 2 unspecified atom stereocenters. The summed E-state index contributed by atoms with van der Waals surface area (Å²) >= 11 is 0. The van der Waals surface area contributed by atoms with E-state index in [4.69, 9.17) is 0 Å². The van der Waals surface area contributed by atoms with Gasteiger partial charge in [-0.3, -0.25) is 0 Å². The minimum atomic E-state index is -0.720. The fraction of sp³-hybridized carbons (Fsp3) is 0.769. The van der Waals surface area contributed by atoms with Gasteiger partial charge in [0.25, 0.3) is 0 Å². The predicted octanol–water partition coefficient (Wildman–Crippen LogP) is 5.46. The van der Waals surface area contributed by atoms with Gasteiger partial charge in [0, 0.05) is 0 Å². The first-order chi connectivity index (χ1) is 13.7. The standard InChI is InChI=1S/C26H42O3/c1-5-21(27)14-16-26(4,29)24-13-12-23-19(7-6-15-25(23,24)3)9-10-20-17-22(28)11-8-18(20)2/h9-10,21-24,27-29H,2,5-8,11-17H2,1,3-4H3/b19-9-,20-10-/t21-,22+,23?,24?,25+,26-/m1/s1. The van der Waals surface area contributed by atoms with Gasteiger partial charge in [-0.25, -0.2) is 0 Å². The van der Waals surface area contributed by atoms with E-state index >= 15 is 0 Å². The molecule has 3 fully saturated rings.